The molecule has 3 N–H and O–H groups in total. The summed E-state index contributed by atoms with van der Waals surface area (Å²) in [5, 5.41) is 21.1. The molecule has 184 valence electrons. The molecule has 1 amide bonds. The van der Waals surface area contributed by atoms with Gasteiger partial charge < -0.3 is 20.4 Å². The Hall–Kier alpha value is -3.16. The Balaban J connectivity index is 1.49. The molecule has 0 bridgehead atoms. The van der Waals surface area contributed by atoms with Crippen LogP contribution in [0.2, 0.25) is 0 Å². The number of nitrogens with one attached hydrogen (secondary N) is 1. The first-order valence-corrected chi connectivity index (χ1v) is 12.0. The highest BCUT2D eigenvalue weighted by atomic mass is 16.4. The summed E-state index contributed by atoms with van der Waals surface area (Å²) in [6, 6.07) is 8.93. The van der Waals surface area contributed by atoms with E-state index in [1.54, 1.807) is 6.92 Å². The first kappa shape index (κ1) is 25.5. The minimum absolute atomic E-state index is 0.161. The van der Waals surface area contributed by atoms with Gasteiger partial charge in [0.25, 0.3) is 5.91 Å². The number of nitrogens with zero attached hydrogens (tertiary/aromatic N) is 3. The number of aromatic hydroxyl groups is 1. The number of aliphatic carboxylic acids is 1. The zero-order chi connectivity index (χ0) is 24.9. The Kier molecular flexibility index (Phi) is 8.12. The van der Waals surface area contributed by atoms with Crippen LogP contribution in [-0.2, 0) is 16.6 Å². The Morgan fingerprint density at radius 2 is 1.76 bits per heavy atom. The van der Waals surface area contributed by atoms with Crippen LogP contribution in [-0.4, -0.2) is 51.7 Å². The minimum Gasteiger partial charge on any atom is -0.504 e. The quantitative estimate of drug-likeness (QED) is 0.539. The third-order valence-electron chi connectivity index (χ3n) is 6.45. The van der Waals surface area contributed by atoms with Crippen molar-refractivity contribution < 1.29 is 19.8 Å². The number of amides is 1. The van der Waals surface area contributed by atoms with Gasteiger partial charge in [-0.05, 0) is 61.6 Å². The number of piperidine rings is 1. The van der Waals surface area contributed by atoms with Gasteiger partial charge >= 0.3 is 5.97 Å². The van der Waals surface area contributed by atoms with Crippen molar-refractivity contribution in [3.8, 4) is 5.75 Å². The number of rotatable bonds is 8. The number of aryl methyl sites for hydroxylation is 2. The van der Waals surface area contributed by atoms with Crippen molar-refractivity contribution in [3.63, 3.8) is 0 Å². The molecule has 2 aromatic rings. The molecule has 0 aliphatic carbocycles. The fraction of sp³-hybridized carbons (Fsp3) is 0.538. The highest BCUT2D eigenvalue weighted by Crippen LogP contribution is 2.29. The second-order valence-corrected chi connectivity index (χ2v) is 10.1. The molecular formula is C26H36N4O4. The Labute approximate surface area is 201 Å². The molecule has 3 rings (SSSR count). The molecule has 2 heterocycles. The summed E-state index contributed by atoms with van der Waals surface area (Å²) in [7, 11) is 0. The number of carboxylic acid groups (broad SMARTS) is 1. The Morgan fingerprint density at radius 3 is 2.35 bits per heavy atom. The zero-order valence-electron chi connectivity index (χ0n) is 20.6. The van der Waals surface area contributed by atoms with E-state index in [1.807, 2.05) is 0 Å². The molecule has 1 aliphatic heterocycles. The van der Waals surface area contributed by atoms with Crippen LogP contribution in [0.15, 0.2) is 24.3 Å². The van der Waals surface area contributed by atoms with Crippen LogP contribution < -0.4 is 10.2 Å². The van der Waals surface area contributed by atoms with Crippen LogP contribution in [0.5, 0.6) is 5.75 Å². The molecule has 1 aromatic carbocycles. The smallest absolute Gasteiger partial charge is 0.322 e. The lowest BCUT2D eigenvalue weighted by molar-refractivity contribution is -0.135. The molecule has 0 saturated carbocycles. The van der Waals surface area contributed by atoms with Crippen molar-refractivity contribution in [1.82, 2.24) is 15.3 Å². The number of carbonyl (C=O) groups excluding carboxylic acids is 1. The third-order valence-corrected chi connectivity index (χ3v) is 6.45. The van der Waals surface area contributed by atoms with E-state index in [0.29, 0.717) is 23.9 Å². The predicted octanol–water partition coefficient (Wildman–Crippen LogP) is 3.84. The minimum atomic E-state index is -1.16. The van der Waals surface area contributed by atoms with Gasteiger partial charge in [0.1, 0.15) is 12.4 Å². The van der Waals surface area contributed by atoms with Crippen LogP contribution in [0.25, 0.3) is 0 Å². The van der Waals surface area contributed by atoms with Gasteiger partial charge in [-0.3, -0.25) is 9.59 Å². The SMILES string of the molecule is Cc1nc(CCCC2CCN(c3ccc(C(C)(C)C)cc3)CC2)nc(C(=O)NCC(=O)O)c1O. The van der Waals surface area contributed by atoms with Gasteiger partial charge in [-0.1, -0.05) is 32.9 Å². The van der Waals surface area contributed by atoms with E-state index in [0.717, 1.165) is 38.8 Å². The van der Waals surface area contributed by atoms with Crippen molar-refractivity contribution in [2.45, 2.75) is 65.2 Å². The van der Waals surface area contributed by atoms with Gasteiger partial charge in [-0.15, -0.1) is 0 Å². The molecule has 1 saturated heterocycles. The lowest BCUT2D eigenvalue weighted by atomic mass is 9.87. The molecular weight excluding hydrogens is 432 g/mol. The van der Waals surface area contributed by atoms with Crippen LogP contribution in [0.4, 0.5) is 5.69 Å². The molecule has 8 nitrogen and oxygen atoms in total. The second kappa shape index (κ2) is 10.8. The highest BCUT2D eigenvalue weighted by molar-refractivity contribution is 5.96. The Bertz CT molecular complexity index is 1010. The maximum absolute atomic E-state index is 12.2. The topological polar surface area (TPSA) is 116 Å². The summed E-state index contributed by atoms with van der Waals surface area (Å²) in [4.78, 5) is 33.8. The fourth-order valence-electron chi connectivity index (χ4n) is 4.34. The number of anilines is 1. The number of hydrogen-bond donors (Lipinski definition) is 3. The molecule has 0 atom stereocenters. The molecule has 0 unspecified atom stereocenters. The number of benzene rings is 1. The number of aromatic nitrogens is 2. The van der Waals surface area contributed by atoms with Crippen LogP contribution in [0.3, 0.4) is 0 Å². The number of carbonyl (C=O) groups is 2. The Morgan fingerprint density at radius 1 is 1.12 bits per heavy atom. The first-order valence-electron chi connectivity index (χ1n) is 12.0. The van der Waals surface area contributed by atoms with Gasteiger partial charge in [-0.25, -0.2) is 9.97 Å². The summed E-state index contributed by atoms with van der Waals surface area (Å²) in [6.07, 6.45) is 4.83. The van der Waals surface area contributed by atoms with E-state index in [2.05, 4.69) is 65.2 Å². The van der Waals surface area contributed by atoms with E-state index in [9.17, 15) is 14.7 Å². The van der Waals surface area contributed by atoms with E-state index in [4.69, 9.17) is 5.11 Å². The van der Waals surface area contributed by atoms with E-state index in [1.165, 1.54) is 11.3 Å². The average molecular weight is 469 g/mol. The van der Waals surface area contributed by atoms with E-state index in [-0.39, 0.29) is 16.9 Å². The predicted molar refractivity (Wildman–Crippen MR) is 131 cm³/mol. The van der Waals surface area contributed by atoms with Gasteiger partial charge in [0.2, 0.25) is 0 Å². The second-order valence-electron chi connectivity index (χ2n) is 10.1. The lowest BCUT2D eigenvalue weighted by Gasteiger charge is -2.34. The van der Waals surface area contributed by atoms with E-state index < -0.39 is 18.4 Å². The first-order chi connectivity index (χ1) is 16.0. The lowest BCUT2D eigenvalue weighted by Crippen LogP contribution is -2.33. The molecule has 1 aromatic heterocycles. The highest BCUT2D eigenvalue weighted by Gasteiger charge is 2.22. The molecule has 34 heavy (non-hydrogen) atoms. The largest absolute Gasteiger partial charge is 0.504 e. The molecule has 1 aliphatic rings. The van der Waals surface area contributed by atoms with Crippen molar-refractivity contribution in [1.29, 1.82) is 0 Å². The third kappa shape index (κ3) is 6.68. The van der Waals surface area contributed by atoms with Crippen molar-refractivity contribution in [2.75, 3.05) is 24.5 Å². The van der Waals surface area contributed by atoms with Gasteiger partial charge in [0.05, 0.1) is 5.69 Å². The summed E-state index contributed by atoms with van der Waals surface area (Å²) in [6.45, 7) is 9.85. The monoisotopic (exact) mass is 468 g/mol. The summed E-state index contributed by atoms with van der Waals surface area (Å²) in [5.74, 6) is -1.05. The normalized spacial score (nSPS) is 14.8. The molecule has 0 radical (unpaired) electrons. The maximum Gasteiger partial charge on any atom is 0.322 e. The van der Waals surface area contributed by atoms with Crippen molar-refractivity contribution in [3.05, 3.63) is 47.0 Å². The van der Waals surface area contributed by atoms with E-state index >= 15 is 0 Å². The fourth-order valence-corrected chi connectivity index (χ4v) is 4.34. The van der Waals surface area contributed by atoms with Crippen molar-refractivity contribution in [2.24, 2.45) is 5.92 Å². The van der Waals surface area contributed by atoms with Gasteiger partial charge in [0.15, 0.2) is 11.4 Å². The summed E-state index contributed by atoms with van der Waals surface area (Å²) >= 11 is 0. The molecule has 8 heteroatoms. The summed E-state index contributed by atoms with van der Waals surface area (Å²) in [5.41, 5.74) is 2.94. The number of carboxylic acids is 1. The average Bonchev–Trinajstić information content (AvgIpc) is 2.79. The van der Waals surface area contributed by atoms with Crippen molar-refractivity contribution >= 4 is 17.6 Å². The van der Waals surface area contributed by atoms with Crippen LogP contribution in [0.1, 0.15) is 74.0 Å². The zero-order valence-corrected chi connectivity index (χ0v) is 20.6. The standard InChI is InChI=1S/C26H36N4O4/c1-17-24(33)23(25(34)27-16-22(31)32)29-21(28-17)7-5-6-18-12-14-30(15-13-18)20-10-8-19(9-11-20)26(2,3)4/h8-11,18,33H,5-7,12-16H2,1-4H3,(H,27,34)(H,31,32). The maximum atomic E-state index is 12.2. The van der Waals surface area contributed by atoms with Crippen LogP contribution in [0, 0.1) is 12.8 Å². The van der Waals surface area contributed by atoms with Gasteiger partial charge in [0, 0.05) is 25.2 Å². The van der Waals surface area contributed by atoms with Crippen LogP contribution >= 0.6 is 0 Å². The van der Waals surface area contributed by atoms with Gasteiger partial charge in [-0.2, -0.15) is 0 Å². The molecule has 1 fully saturated rings. The summed E-state index contributed by atoms with van der Waals surface area (Å²) < 4.78 is 0. The number of hydrogen-bond acceptors (Lipinski definition) is 6. The molecule has 0 spiro atoms.